The summed E-state index contributed by atoms with van der Waals surface area (Å²) in [6.45, 7) is 3.60. The van der Waals surface area contributed by atoms with Gasteiger partial charge in [-0.15, -0.1) is 11.8 Å². The number of aromatic amines is 1. The van der Waals surface area contributed by atoms with Crippen molar-refractivity contribution in [1.82, 2.24) is 20.2 Å². The number of aromatic nitrogens is 2. The van der Waals surface area contributed by atoms with Crippen LogP contribution < -0.4 is 16.2 Å². The van der Waals surface area contributed by atoms with Crippen LogP contribution in [0.15, 0.2) is 40.0 Å². The minimum absolute atomic E-state index is 0.0713. The monoisotopic (exact) mass is 592 g/mol. The van der Waals surface area contributed by atoms with E-state index in [1.165, 1.54) is 11.8 Å². The lowest BCUT2D eigenvalue weighted by Gasteiger charge is -2.41. The Labute approximate surface area is 240 Å². The summed E-state index contributed by atoms with van der Waals surface area (Å²) in [5.74, 6) is -3.13. The lowest BCUT2D eigenvalue weighted by Crippen LogP contribution is -2.52. The van der Waals surface area contributed by atoms with Crippen molar-refractivity contribution in [3.8, 4) is 0 Å². The molecule has 0 aliphatic heterocycles. The molecule has 1 atom stereocenters. The van der Waals surface area contributed by atoms with Crippen molar-refractivity contribution < 1.29 is 22.4 Å². The molecule has 11 heteroatoms. The molecule has 2 aliphatic carbocycles. The summed E-state index contributed by atoms with van der Waals surface area (Å²) in [5.41, 5.74) is 0.921. The van der Waals surface area contributed by atoms with Crippen LogP contribution in [0.2, 0.25) is 0 Å². The number of para-hydroxylation sites is 1. The van der Waals surface area contributed by atoms with Gasteiger partial charge in [-0.1, -0.05) is 18.2 Å². The Hall–Kier alpha value is -2.79. The standard InChI is InChI=1S/C30H36F4N4O2S/c1-16-12-24(41-3)22(28(39)36-16)15-35-29(40)25-21-6-4-5-7-23(21)38(26(25)27(31)32)17(2)18-8-10-19(11-9-18)37-20-13-30(33,34)14-20/h4-7,12,17-20,27,37H,8-11,13-15H2,1-3H3,(H,35,40)(H,36,39)/t17-,18?,19?/m1/s1. The molecule has 0 spiro atoms. The normalized spacial score (nSPS) is 21.7. The average Bonchev–Trinajstić information content (AvgIpc) is 3.27. The zero-order chi connectivity index (χ0) is 29.5. The van der Waals surface area contributed by atoms with Crippen LogP contribution in [0.1, 0.15) is 85.2 Å². The van der Waals surface area contributed by atoms with Crippen LogP contribution >= 0.6 is 11.8 Å². The minimum atomic E-state index is -2.89. The molecule has 5 rings (SSSR count). The van der Waals surface area contributed by atoms with Crippen molar-refractivity contribution in [2.45, 2.75) is 94.3 Å². The van der Waals surface area contributed by atoms with Gasteiger partial charge < -0.3 is 20.2 Å². The summed E-state index contributed by atoms with van der Waals surface area (Å²) in [6.07, 6.45) is 1.80. The van der Waals surface area contributed by atoms with Gasteiger partial charge in [0, 0.05) is 64.6 Å². The maximum atomic E-state index is 14.8. The fourth-order valence-electron chi connectivity index (χ4n) is 6.56. The number of fused-ring (bicyclic) bond motifs is 1. The molecule has 0 bridgehead atoms. The summed E-state index contributed by atoms with van der Waals surface area (Å²) >= 11 is 1.38. The summed E-state index contributed by atoms with van der Waals surface area (Å²) in [5, 5.41) is 6.52. The molecule has 41 heavy (non-hydrogen) atoms. The fourth-order valence-corrected chi connectivity index (χ4v) is 7.27. The van der Waals surface area contributed by atoms with Crippen LogP contribution in [-0.4, -0.2) is 39.7 Å². The van der Waals surface area contributed by atoms with Gasteiger partial charge in [0.15, 0.2) is 0 Å². The first-order chi connectivity index (χ1) is 19.5. The number of rotatable bonds is 9. The van der Waals surface area contributed by atoms with Crippen LogP contribution in [0.5, 0.6) is 0 Å². The van der Waals surface area contributed by atoms with Crippen molar-refractivity contribution in [3.05, 3.63) is 63.2 Å². The topological polar surface area (TPSA) is 78.9 Å². The summed E-state index contributed by atoms with van der Waals surface area (Å²) in [6, 6.07) is 8.43. The molecule has 2 heterocycles. The molecule has 0 saturated heterocycles. The third kappa shape index (κ3) is 6.07. The number of alkyl halides is 4. The SMILES string of the molecule is CSc1cc(C)[nH]c(=O)c1CNC(=O)c1c(C(F)F)n([C@H](C)C2CCC(NC3CC(F)(F)C3)CC2)c2ccccc12. The molecular weight excluding hydrogens is 556 g/mol. The quantitative estimate of drug-likeness (QED) is 0.190. The Morgan fingerprint density at radius 1 is 1.15 bits per heavy atom. The molecule has 3 aromatic rings. The van der Waals surface area contributed by atoms with Crippen molar-refractivity contribution in [2.75, 3.05) is 6.26 Å². The number of pyridine rings is 1. The van der Waals surface area contributed by atoms with E-state index in [2.05, 4.69) is 15.6 Å². The Morgan fingerprint density at radius 2 is 1.83 bits per heavy atom. The molecule has 2 fully saturated rings. The predicted octanol–water partition coefficient (Wildman–Crippen LogP) is 6.73. The number of thioether (sulfide) groups is 1. The number of nitrogens with zero attached hydrogens (tertiary/aromatic N) is 1. The third-order valence-corrected chi connectivity index (χ3v) is 9.48. The highest BCUT2D eigenvalue weighted by Crippen LogP contribution is 2.42. The summed E-state index contributed by atoms with van der Waals surface area (Å²) in [4.78, 5) is 29.6. The van der Waals surface area contributed by atoms with Gasteiger partial charge in [-0.25, -0.2) is 17.6 Å². The number of hydrogen-bond donors (Lipinski definition) is 3. The highest BCUT2D eigenvalue weighted by molar-refractivity contribution is 7.98. The number of carbonyl (C=O) groups is 1. The van der Waals surface area contributed by atoms with Gasteiger partial charge >= 0.3 is 0 Å². The molecule has 222 valence electrons. The van der Waals surface area contributed by atoms with Gasteiger partial charge in [-0.2, -0.15) is 0 Å². The fraction of sp³-hybridized carbons (Fsp3) is 0.533. The van der Waals surface area contributed by atoms with Crippen LogP contribution in [0.3, 0.4) is 0 Å². The molecule has 0 radical (unpaired) electrons. The lowest BCUT2D eigenvalue weighted by atomic mass is 9.80. The highest BCUT2D eigenvalue weighted by atomic mass is 32.2. The molecule has 6 nitrogen and oxygen atoms in total. The van der Waals surface area contributed by atoms with Gasteiger partial charge in [0.25, 0.3) is 23.8 Å². The van der Waals surface area contributed by atoms with Gasteiger partial charge in [-0.05, 0) is 63.8 Å². The van der Waals surface area contributed by atoms with Gasteiger partial charge in [0.2, 0.25) is 0 Å². The molecule has 1 amide bonds. The van der Waals surface area contributed by atoms with E-state index in [4.69, 9.17) is 0 Å². The molecule has 0 unspecified atom stereocenters. The molecule has 1 aromatic carbocycles. The number of aryl methyl sites for hydroxylation is 1. The van der Waals surface area contributed by atoms with E-state index in [0.29, 0.717) is 27.1 Å². The Morgan fingerprint density at radius 3 is 2.46 bits per heavy atom. The van der Waals surface area contributed by atoms with Crippen molar-refractivity contribution in [2.24, 2.45) is 5.92 Å². The number of hydrogen-bond acceptors (Lipinski definition) is 4. The average molecular weight is 593 g/mol. The van der Waals surface area contributed by atoms with Crippen LogP contribution in [0.25, 0.3) is 10.9 Å². The lowest BCUT2D eigenvalue weighted by molar-refractivity contribution is -0.0957. The largest absolute Gasteiger partial charge is 0.348 e. The van der Waals surface area contributed by atoms with Crippen LogP contribution in [0, 0.1) is 12.8 Å². The molecule has 3 N–H and O–H groups in total. The maximum Gasteiger partial charge on any atom is 0.279 e. The smallest absolute Gasteiger partial charge is 0.279 e. The highest BCUT2D eigenvalue weighted by Gasteiger charge is 2.46. The first-order valence-corrected chi connectivity index (χ1v) is 15.3. The zero-order valence-electron chi connectivity index (χ0n) is 23.4. The first-order valence-electron chi connectivity index (χ1n) is 14.1. The van der Waals surface area contributed by atoms with Gasteiger partial charge in [0.1, 0.15) is 0 Å². The van der Waals surface area contributed by atoms with E-state index in [9.17, 15) is 27.2 Å². The summed E-state index contributed by atoms with van der Waals surface area (Å²) < 4.78 is 57.7. The number of carbonyl (C=O) groups excluding carboxylic acids is 1. The number of nitrogens with one attached hydrogen (secondary N) is 3. The van der Waals surface area contributed by atoms with Crippen LogP contribution in [0.4, 0.5) is 17.6 Å². The second-order valence-corrected chi connectivity index (χ2v) is 12.3. The third-order valence-electron chi connectivity index (χ3n) is 8.68. The minimum Gasteiger partial charge on any atom is -0.348 e. The van der Waals surface area contributed by atoms with Crippen LogP contribution in [-0.2, 0) is 6.54 Å². The second kappa shape index (κ2) is 11.8. The Balaban J connectivity index is 1.38. The molecule has 2 aliphatic rings. The van der Waals surface area contributed by atoms with Gasteiger partial charge in [-0.3, -0.25) is 9.59 Å². The number of amides is 1. The van der Waals surface area contributed by atoms with E-state index < -0.39 is 18.3 Å². The Bertz CT molecular complexity index is 1470. The van der Waals surface area contributed by atoms with E-state index in [1.807, 2.05) is 19.2 Å². The number of halogens is 4. The molecular formula is C30H36F4N4O2S. The molecule has 2 aromatic heterocycles. The van der Waals surface area contributed by atoms with Crippen molar-refractivity contribution in [3.63, 3.8) is 0 Å². The zero-order valence-corrected chi connectivity index (χ0v) is 24.2. The van der Waals surface area contributed by atoms with Crippen molar-refractivity contribution in [1.29, 1.82) is 0 Å². The van der Waals surface area contributed by atoms with E-state index in [0.717, 1.165) is 25.7 Å². The van der Waals surface area contributed by atoms with E-state index in [1.54, 1.807) is 35.8 Å². The van der Waals surface area contributed by atoms with Crippen molar-refractivity contribution >= 4 is 28.6 Å². The number of benzene rings is 1. The first kappa shape index (κ1) is 29.7. The maximum absolute atomic E-state index is 14.8. The van der Waals surface area contributed by atoms with E-state index in [-0.39, 0.29) is 60.2 Å². The van der Waals surface area contributed by atoms with Gasteiger partial charge in [0.05, 0.1) is 11.3 Å². The number of H-pyrrole nitrogens is 1. The van der Waals surface area contributed by atoms with E-state index >= 15 is 0 Å². The second-order valence-electron chi connectivity index (χ2n) is 11.4. The summed E-state index contributed by atoms with van der Waals surface area (Å²) in [7, 11) is 0. The predicted molar refractivity (Wildman–Crippen MR) is 153 cm³/mol. The Kier molecular flexibility index (Phi) is 8.57. The molecule has 2 saturated carbocycles.